The van der Waals surface area contributed by atoms with Crippen LogP contribution in [0, 0.1) is 0 Å². The van der Waals surface area contributed by atoms with Gasteiger partial charge in [0.1, 0.15) is 5.69 Å². The summed E-state index contributed by atoms with van der Waals surface area (Å²) >= 11 is 4.72. The monoisotopic (exact) mass is 362 g/mol. The van der Waals surface area contributed by atoms with Gasteiger partial charge < -0.3 is 4.57 Å². The molecule has 0 saturated carbocycles. The number of nitrogens with zero attached hydrogens (tertiary/aromatic N) is 2. The van der Waals surface area contributed by atoms with E-state index in [1.165, 1.54) is 18.7 Å². The number of carbonyl (C=O) groups excluding carboxylic acids is 2. The Bertz CT molecular complexity index is 762. The molecule has 1 aliphatic rings. The Morgan fingerprint density at radius 3 is 2.67 bits per heavy atom. The number of allylic oxidation sites excluding steroid dienone is 1. The molecule has 2 heterocycles. The Balaban J connectivity index is 1.95. The van der Waals surface area contributed by atoms with Crippen LogP contribution < -0.4 is 0 Å². The number of thioether (sulfide) groups is 1. The third-order valence-electron chi connectivity index (χ3n) is 3.25. The van der Waals surface area contributed by atoms with Crippen LogP contribution in [0.2, 0.25) is 0 Å². The lowest BCUT2D eigenvalue weighted by atomic mass is 10.1. The molecule has 0 N–H and O–H groups in total. The Labute approximate surface area is 134 Å². The Kier molecular flexibility index (Phi) is 3.82. The summed E-state index contributed by atoms with van der Waals surface area (Å²) in [4.78, 5) is 28.3. The van der Waals surface area contributed by atoms with Crippen molar-refractivity contribution < 1.29 is 9.59 Å². The van der Waals surface area contributed by atoms with Crippen molar-refractivity contribution in [2.75, 3.05) is 0 Å². The first kappa shape index (κ1) is 14.3. The van der Waals surface area contributed by atoms with Crippen molar-refractivity contribution in [1.82, 2.24) is 9.55 Å². The Hall–Kier alpha value is -1.66. The zero-order chi connectivity index (χ0) is 15.0. The standard InChI is InChI=1S/C15H11BrN2O2S/c1-9(19)11-7-18-13(6-17-15(18)21-8-11)14(20)10-2-4-12(16)5-3-10/h2-6,8H,7H2,1H3. The van der Waals surface area contributed by atoms with Crippen LogP contribution in [0.25, 0.3) is 0 Å². The van der Waals surface area contributed by atoms with Gasteiger partial charge in [0.15, 0.2) is 10.9 Å². The van der Waals surface area contributed by atoms with Gasteiger partial charge in [0.25, 0.3) is 0 Å². The van der Waals surface area contributed by atoms with Gasteiger partial charge in [-0.1, -0.05) is 27.7 Å². The summed E-state index contributed by atoms with van der Waals surface area (Å²) in [5, 5.41) is 2.54. The first-order chi connectivity index (χ1) is 10.1. The van der Waals surface area contributed by atoms with E-state index in [0.717, 1.165) is 9.63 Å². The third kappa shape index (κ3) is 2.73. The molecule has 1 aliphatic heterocycles. The van der Waals surface area contributed by atoms with Crippen molar-refractivity contribution in [1.29, 1.82) is 0 Å². The summed E-state index contributed by atoms with van der Waals surface area (Å²) in [7, 11) is 0. The molecule has 0 atom stereocenters. The van der Waals surface area contributed by atoms with Crippen LogP contribution in [0.1, 0.15) is 23.0 Å². The second-order valence-corrected chi connectivity index (χ2v) is 6.42. The van der Waals surface area contributed by atoms with Crippen LogP contribution in [-0.4, -0.2) is 21.1 Å². The van der Waals surface area contributed by atoms with E-state index in [-0.39, 0.29) is 11.6 Å². The topological polar surface area (TPSA) is 52.0 Å². The number of imidazole rings is 1. The van der Waals surface area contributed by atoms with E-state index in [2.05, 4.69) is 20.9 Å². The average Bonchev–Trinajstić information content (AvgIpc) is 2.90. The van der Waals surface area contributed by atoms with Crippen LogP contribution in [0.3, 0.4) is 0 Å². The highest BCUT2D eigenvalue weighted by atomic mass is 79.9. The van der Waals surface area contributed by atoms with E-state index < -0.39 is 0 Å². The number of hydrogen-bond acceptors (Lipinski definition) is 4. The quantitative estimate of drug-likeness (QED) is 0.784. The lowest BCUT2D eigenvalue weighted by Crippen LogP contribution is -2.16. The molecule has 6 heteroatoms. The molecule has 0 radical (unpaired) electrons. The molecule has 4 nitrogen and oxygen atoms in total. The largest absolute Gasteiger partial charge is 0.311 e. The number of halogens is 1. The van der Waals surface area contributed by atoms with Gasteiger partial charge in [-0.3, -0.25) is 9.59 Å². The number of aromatic nitrogens is 2. The van der Waals surface area contributed by atoms with Crippen LogP contribution in [-0.2, 0) is 11.3 Å². The van der Waals surface area contributed by atoms with Crippen LogP contribution >= 0.6 is 27.7 Å². The number of benzene rings is 1. The fraction of sp³-hybridized carbons (Fsp3) is 0.133. The van der Waals surface area contributed by atoms with E-state index >= 15 is 0 Å². The predicted octanol–water partition coefficient (Wildman–Crippen LogP) is 3.46. The minimum absolute atomic E-state index is 0.0175. The summed E-state index contributed by atoms with van der Waals surface area (Å²) in [5.74, 6) is -0.0736. The predicted molar refractivity (Wildman–Crippen MR) is 84.4 cm³/mol. The molecule has 1 aromatic heterocycles. The molecule has 0 saturated heterocycles. The summed E-state index contributed by atoms with van der Waals surface area (Å²) in [6.07, 6.45) is 1.57. The molecule has 0 bridgehead atoms. The van der Waals surface area contributed by atoms with Gasteiger partial charge >= 0.3 is 0 Å². The molecule has 2 aromatic rings. The van der Waals surface area contributed by atoms with Gasteiger partial charge in [-0.25, -0.2) is 4.98 Å². The highest BCUT2D eigenvalue weighted by molar-refractivity contribution is 9.10. The first-order valence-electron chi connectivity index (χ1n) is 6.28. The molecule has 0 amide bonds. The summed E-state index contributed by atoms with van der Waals surface area (Å²) in [6.45, 7) is 1.93. The number of hydrogen-bond donors (Lipinski definition) is 0. The van der Waals surface area contributed by atoms with Crippen molar-refractivity contribution >= 4 is 39.3 Å². The van der Waals surface area contributed by atoms with E-state index in [1.54, 1.807) is 28.3 Å². The van der Waals surface area contributed by atoms with Gasteiger partial charge in [0, 0.05) is 15.6 Å². The molecule has 3 rings (SSSR count). The van der Waals surface area contributed by atoms with Gasteiger partial charge in [-0.05, 0) is 36.6 Å². The fourth-order valence-corrected chi connectivity index (χ4v) is 3.22. The van der Waals surface area contributed by atoms with E-state index in [1.807, 2.05) is 12.1 Å². The van der Waals surface area contributed by atoms with Crippen molar-refractivity contribution in [2.24, 2.45) is 0 Å². The van der Waals surface area contributed by atoms with E-state index in [4.69, 9.17) is 0 Å². The number of ketones is 2. The zero-order valence-electron chi connectivity index (χ0n) is 11.2. The molecule has 106 valence electrons. The van der Waals surface area contributed by atoms with Gasteiger partial charge in [0.2, 0.25) is 5.78 Å². The Morgan fingerprint density at radius 2 is 2.00 bits per heavy atom. The SMILES string of the molecule is CC(=O)C1=CSc2ncc(C(=O)c3ccc(Br)cc3)n2C1. The normalized spacial score (nSPS) is 13.5. The fourth-order valence-electron chi connectivity index (χ4n) is 2.06. The lowest BCUT2D eigenvalue weighted by molar-refractivity contribution is -0.113. The number of carbonyl (C=O) groups is 2. The number of fused-ring (bicyclic) bond motifs is 1. The van der Waals surface area contributed by atoms with Crippen molar-refractivity contribution in [3.63, 3.8) is 0 Å². The van der Waals surface area contributed by atoms with Crippen LogP contribution in [0.4, 0.5) is 0 Å². The van der Waals surface area contributed by atoms with Crippen molar-refractivity contribution in [3.8, 4) is 0 Å². The highest BCUT2D eigenvalue weighted by Crippen LogP contribution is 2.29. The average molecular weight is 363 g/mol. The maximum absolute atomic E-state index is 12.6. The van der Waals surface area contributed by atoms with Crippen molar-refractivity contribution in [2.45, 2.75) is 18.6 Å². The Morgan fingerprint density at radius 1 is 1.29 bits per heavy atom. The molecule has 0 fully saturated rings. The second-order valence-electron chi connectivity index (χ2n) is 4.67. The van der Waals surface area contributed by atoms with Gasteiger partial charge in [-0.15, -0.1) is 0 Å². The van der Waals surface area contributed by atoms with Gasteiger partial charge in [-0.2, -0.15) is 0 Å². The smallest absolute Gasteiger partial charge is 0.211 e. The van der Waals surface area contributed by atoms with E-state index in [9.17, 15) is 9.59 Å². The van der Waals surface area contributed by atoms with Gasteiger partial charge in [0.05, 0.1) is 12.7 Å². The molecule has 0 aliphatic carbocycles. The molecule has 1 aromatic carbocycles. The minimum Gasteiger partial charge on any atom is -0.311 e. The summed E-state index contributed by atoms with van der Waals surface area (Å²) < 4.78 is 2.72. The lowest BCUT2D eigenvalue weighted by Gasteiger charge is -2.15. The highest BCUT2D eigenvalue weighted by Gasteiger charge is 2.22. The molecule has 21 heavy (non-hydrogen) atoms. The van der Waals surface area contributed by atoms with Crippen LogP contribution in [0.5, 0.6) is 0 Å². The van der Waals surface area contributed by atoms with E-state index in [0.29, 0.717) is 23.4 Å². The second kappa shape index (κ2) is 5.61. The third-order valence-corrected chi connectivity index (χ3v) is 4.71. The molecular weight excluding hydrogens is 352 g/mol. The minimum atomic E-state index is -0.0911. The molecule has 0 spiro atoms. The van der Waals surface area contributed by atoms with Crippen molar-refractivity contribution in [3.05, 3.63) is 57.2 Å². The summed E-state index contributed by atoms with van der Waals surface area (Å²) in [5.41, 5.74) is 1.80. The number of Topliss-reactive ketones (excluding diaryl/α,β-unsaturated/α-hetero) is 1. The summed E-state index contributed by atoms with van der Waals surface area (Å²) in [6, 6.07) is 7.20. The molecule has 0 unspecified atom stereocenters. The first-order valence-corrected chi connectivity index (χ1v) is 7.96. The zero-order valence-corrected chi connectivity index (χ0v) is 13.6. The maximum atomic E-state index is 12.6. The maximum Gasteiger partial charge on any atom is 0.211 e. The molecular formula is C15H11BrN2O2S. The number of rotatable bonds is 3. The van der Waals surface area contributed by atoms with Crippen LogP contribution in [0.15, 0.2) is 51.1 Å².